The summed E-state index contributed by atoms with van der Waals surface area (Å²) in [5.74, 6) is 1.58. The predicted octanol–water partition coefficient (Wildman–Crippen LogP) is 2.02. The second-order valence-corrected chi connectivity index (χ2v) is 7.90. The Morgan fingerprint density at radius 3 is 2.76 bits per heavy atom. The Morgan fingerprint density at radius 2 is 2.14 bits per heavy atom. The molecule has 1 amide bonds. The fourth-order valence-electron chi connectivity index (χ4n) is 4.40. The number of rotatable bonds is 8. The van der Waals surface area contributed by atoms with Crippen molar-refractivity contribution in [3.05, 3.63) is 12.4 Å². The summed E-state index contributed by atoms with van der Waals surface area (Å²) >= 11 is 0. The molecule has 2 fully saturated rings. The largest absolute Gasteiger partial charge is 0.378 e. The van der Waals surface area contributed by atoms with Gasteiger partial charge in [0.05, 0.1) is 18.0 Å². The maximum Gasteiger partial charge on any atom is 0.246 e. The molecular weight excluding hydrogens is 368 g/mol. The molecule has 1 unspecified atom stereocenters. The van der Waals surface area contributed by atoms with E-state index in [0.717, 1.165) is 44.3 Å². The van der Waals surface area contributed by atoms with Crippen molar-refractivity contribution in [2.75, 3.05) is 44.2 Å². The van der Waals surface area contributed by atoms with E-state index in [1.165, 1.54) is 25.7 Å². The van der Waals surface area contributed by atoms with Gasteiger partial charge in [-0.05, 0) is 39.0 Å². The molecule has 1 N–H and O–H groups in total. The summed E-state index contributed by atoms with van der Waals surface area (Å²) in [6.45, 7) is 8.12. The third-order valence-corrected chi connectivity index (χ3v) is 5.84. The molecule has 162 valence electrons. The van der Waals surface area contributed by atoms with E-state index in [2.05, 4.69) is 29.2 Å². The van der Waals surface area contributed by atoms with Crippen LogP contribution in [0.5, 0.6) is 0 Å². The first-order valence-electron chi connectivity index (χ1n) is 11.1. The van der Waals surface area contributed by atoms with Crippen molar-refractivity contribution in [3.8, 4) is 0 Å². The number of aromatic nitrogens is 2. The zero-order valence-corrected chi connectivity index (χ0v) is 18.1. The van der Waals surface area contributed by atoms with E-state index in [9.17, 15) is 4.79 Å². The number of hydrogen-bond donors (Lipinski definition) is 1. The SMILES string of the molecule is CCNC(=NCCC(OCC)C1CCCC1)N1CCN(c2cnn(C)c2)C(=O)C1. The van der Waals surface area contributed by atoms with E-state index in [1.807, 2.05) is 13.2 Å². The second kappa shape index (κ2) is 10.6. The predicted molar refractivity (Wildman–Crippen MR) is 115 cm³/mol. The molecule has 1 aromatic rings. The van der Waals surface area contributed by atoms with Crippen LogP contribution in [0.2, 0.25) is 0 Å². The number of carbonyl (C=O) groups is 1. The molecule has 1 saturated carbocycles. The summed E-state index contributed by atoms with van der Waals surface area (Å²) in [6, 6.07) is 0. The fraction of sp³-hybridized carbons (Fsp3) is 0.762. The Labute approximate surface area is 174 Å². The molecular formula is C21H36N6O2. The molecule has 0 radical (unpaired) electrons. The van der Waals surface area contributed by atoms with E-state index in [4.69, 9.17) is 9.73 Å². The molecule has 1 aliphatic heterocycles. The number of carbonyl (C=O) groups excluding carboxylic acids is 1. The van der Waals surface area contributed by atoms with Crippen molar-refractivity contribution in [2.45, 2.75) is 52.1 Å². The third-order valence-electron chi connectivity index (χ3n) is 5.84. The summed E-state index contributed by atoms with van der Waals surface area (Å²) in [4.78, 5) is 21.4. The number of aryl methyl sites for hydroxylation is 1. The third kappa shape index (κ3) is 5.72. The lowest BCUT2D eigenvalue weighted by atomic mass is 9.98. The van der Waals surface area contributed by atoms with Crippen LogP contribution in [0.4, 0.5) is 5.69 Å². The van der Waals surface area contributed by atoms with Crippen molar-refractivity contribution in [3.63, 3.8) is 0 Å². The van der Waals surface area contributed by atoms with Crippen LogP contribution < -0.4 is 10.2 Å². The monoisotopic (exact) mass is 404 g/mol. The van der Waals surface area contributed by atoms with Gasteiger partial charge in [0.1, 0.15) is 6.54 Å². The van der Waals surface area contributed by atoms with Gasteiger partial charge in [-0.25, -0.2) is 0 Å². The zero-order chi connectivity index (χ0) is 20.6. The topological polar surface area (TPSA) is 75.0 Å². The number of piperazine rings is 1. The summed E-state index contributed by atoms with van der Waals surface area (Å²) in [5, 5.41) is 7.53. The van der Waals surface area contributed by atoms with Crippen molar-refractivity contribution >= 4 is 17.6 Å². The van der Waals surface area contributed by atoms with Gasteiger partial charge in [0.2, 0.25) is 5.91 Å². The molecule has 1 aliphatic carbocycles. The minimum absolute atomic E-state index is 0.0769. The molecule has 2 aliphatic rings. The van der Waals surface area contributed by atoms with Crippen LogP contribution in [-0.4, -0.2) is 72.0 Å². The summed E-state index contributed by atoms with van der Waals surface area (Å²) in [5.41, 5.74) is 0.857. The summed E-state index contributed by atoms with van der Waals surface area (Å²) < 4.78 is 7.75. The minimum Gasteiger partial charge on any atom is -0.378 e. The Morgan fingerprint density at radius 1 is 1.34 bits per heavy atom. The van der Waals surface area contributed by atoms with Gasteiger partial charge < -0.3 is 19.9 Å². The lowest BCUT2D eigenvalue weighted by Crippen LogP contribution is -2.55. The summed E-state index contributed by atoms with van der Waals surface area (Å²) in [6.07, 6.45) is 10.1. The number of anilines is 1. The number of hydrogen-bond acceptors (Lipinski definition) is 4. The lowest BCUT2D eigenvalue weighted by Gasteiger charge is -2.35. The molecule has 0 aromatic carbocycles. The highest BCUT2D eigenvalue weighted by Crippen LogP contribution is 2.30. The first kappa shape index (κ1) is 21.6. The number of aliphatic imine (C=N–C) groups is 1. The Kier molecular flexibility index (Phi) is 7.91. The number of nitrogens with zero attached hydrogens (tertiary/aromatic N) is 5. The van der Waals surface area contributed by atoms with Gasteiger partial charge in [0, 0.05) is 46.0 Å². The molecule has 3 rings (SSSR count). The second-order valence-electron chi connectivity index (χ2n) is 7.90. The van der Waals surface area contributed by atoms with Gasteiger partial charge in [0.15, 0.2) is 5.96 Å². The number of amides is 1. The van der Waals surface area contributed by atoms with E-state index in [1.54, 1.807) is 15.8 Å². The number of guanidine groups is 1. The molecule has 8 heteroatoms. The van der Waals surface area contributed by atoms with Gasteiger partial charge in [0.25, 0.3) is 0 Å². The molecule has 1 aromatic heterocycles. The quantitative estimate of drug-likeness (QED) is 0.530. The highest BCUT2D eigenvalue weighted by atomic mass is 16.5. The van der Waals surface area contributed by atoms with Crippen LogP contribution in [0.3, 0.4) is 0 Å². The average molecular weight is 405 g/mol. The van der Waals surface area contributed by atoms with Crippen LogP contribution in [-0.2, 0) is 16.6 Å². The smallest absolute Gasteiger partial charge is 0.246 e. The Balaban J connectivity index is 1.57. The highest BCUT2D eigenvalue weighted by Gasteiger charge is 2.28. The molecule has 1 saturated heterocycles. The fourth-order valence-corrected chi connectivity index (χ4v) is 4.40. The highest BCUT2D eigenvalue weighted by molar-refractivity contribution is 5.98. The maximum atomic E-state index is 12.7. The number of ether oxygens (including phenoxy) is 1. The van der Waals surface area contributed by atoms with Crippen molar-refractivity contribution in [1.82, 2.24) is 20.0 Å². The van der Waals surface area contributed by atoms with Crippen molar-refractivity contribution < 1.29 is 9.53 Å². The Hall–Kier alpha value is -2.09. The molecule has 1 atom stereocenters. The van der Waals surface area contributed by atoms with Crippen LogP contribution in [0.15, 0.2) is 17.4 Å². The van der Waals surface area contributed by atoms with E-state index >= 15 is 0 Å². The van der Waals surface area contributed by atoms with Gasteiger partial charge in [-0.3, -0.25) is 14.5 Å². The lowest BCUT2D eigenvalue weighted by molar-refractivity contribution is -0.120. The van der Waals surface area contributed by atoms with Gasteiger partial charge in [-0.1, -0.05) is 12.8 Å². The normalized spacial score (nSPS) is 19.8. The van der Waals surface area contributed by atoms with E-state index < -0.39 is 0 Å². The first-order chi connectivity index (χ1) is 14.1. The van der Waals surface area contributed by atoms with Crippen LogP contribution in [0.1, 0.15) is 46.0 Å². The van der Waals surface area contributed by atoms with E-state index in [-0.39, 0.29) is 5.91 Å². The standard InChI is InChI=1S/C21H36N6O2/c1-4-22-21(23-11-10-19(29-5-2)17-8-6-7-9-17)26-12-13-27(20(28)16-26)18-14-24-25(3)15-18/h14-15,17,19H,4-13,16H2,1-3H3,(H,22,23). The van der Waals surface area contributed by atoms with Gasteiger partial charge in [-0.2, -0.15) is 5.10 Å². The molecule has 8 nitrogen and oxygen atoms in total. The Bertz CT molecular complexity index is 682. The van der Waals surface area contributed by atoms with Crippen LogP contribution in [0.25, 0.3) is 0 Å². The van der Waals surface area contributed by atoms with Crippen LogP contribution in [0, 0.1) is 5.92 Å². The van der Waals surface area contributed by atoms with Crippen LogP contribution >= 0.6 is 0 Å². The molecule has 0 bridgehead atoms. The first-order valence-corrected chi connectivity index (χ1v) is 11.1. The minimum atomic E-state index is 0.0769. The van der Waals surface area contributed by atoms with Gasteiger partial charge in [-0.15, -0.1) is 0 Å². The number of nitrogens with one attached hydrogen (secondary N) is 1. The zero-order valence-electron chi connectivity index (χ0n) is 18.1. The average Bonchev–Trinajstić information content (AvgIpc) is 3.38. The van der Waals surface area contributed by atoms with Gasteiger partial charge >= 0.3 is 0 Å². The van der Waals surface area contributed by atoms with E-state index in [0.29, 0.717) is 25.1 Å². The summed E-state index contributed by atoms with van der Waals surface area (Å²) in [7, 11) is 1.86. The maximum absolute atomic E-state index is 12.7. The molecule has 2 heterocycles. The molecule has 29 heavy (non-hydrogen) atoms. The van der Waals surface area contributed by atoms with Crippen molar-refractivity contribution in [1.29, 1.82) is 0 Å². The molecule has 0 spiro atoms. The van der Waals surface area contributed by atoms with Crippen molar-refractivity contribution in [2.24, 2.45) is 18.0 Å².